The molecule has 0 amide bonds. The monoisotopic (exact) mass is 259 g/mol. The Morgan fingerprint density at radius 3 is 2.95 bits per heavy atom. The molecule has 104 valence electrons. The van der Waals surface area contributed by atoms with E-state index >= 15 is 0 Å². The smallest absolute Gasteiger partial charge is 0.0237 e. The molecule has 1 N–H and O–H groups in total. The van der Waals surface area contributed by atoms with E-state index in [0.717, 1.165) is 19.6 Å². The van der Waals surface area contributed by atoms with E-state index in [1.807, 2.05) is 0 Å². The predicted molar refractivity (Wildman–Crippen MR) is 79.0 cm³/mol. The van der Waals surface area contributed by atoms with E-state index in [4.69, 9.17) is 0 Å². The molecule has 0 aliphatic carbocycles. The van der Waals surface area contributed by atoms with Gasteiger partial charge in [0.2, 0.25) is 0 Å². The molecule has 1 saturated heterocycles. The van der Waals surface area contributed by atoms with Crippen LogP contribution >= 0.6 is 0 Å². The van der Waals surface area contributed by atoms with E-state index in [1.54, 1.807) is 0 Å². The third-order valence-electron chi connectivity index (χ3n) is 4.47. The Kier molecular flexibility index (Phi) is 3.87. The summed E-state index contributed by atoms with van der Waals surface area (Å²) in [5.74, 6) is 0. The van der Waals surface area contributed by atoms with E-state index in [2.05, 4.69) is 47.3 Å². The van der Waals surface area contributed by atoms with E-state index < -0.39 is 0 Å². The van der Waals surface area contributed by atoms with Crippen molar-refractivity contribution in [3.63, 3.8) is 0 Å². The van der Waals surface area contributed by atoms with Gasteiger partial charge in [-0.3, -0.25) is 4.90 Å². The summed E-state index contributed by atoms with van der Waals surface area (Å²) in [6, 6.07) is 7.67. The van der Waals surface area contributed by atoms with Gasteiger partial charge in [-0.25, -0.2) is 0 Å². The first-order chi connectivity index (χ1) is 9.22. The van der Waals surface area contributed by atoms with E-state index in [0.29, 0.717) is 6.04 Å². The van der Waals surface area contributed by atoms with Crippen LogP contribution in [0, 0.1) is 0 Å². The Bertz CT molecular complexity index is 444. The fraction of sp³-hybridized carbons (Fsp3) is 0.625. The summed E-state index contributed by atoms with van der Waals surface area (Å²) in [5.41, 5.74) is 4.45. The summed E-state index contributed by atoms with van der Waals surface area (Å²) in [6.45, 7) is 9.18. The lowest BCUT2D eigenvalue weighted by molar-refractivity contribution is 0.194. The highest BCUT2D eigenvalue weighted by atomic mass is 15.2. The second kappa shape index (κ2) is 5.61. The van der Waals surface area contributed by atoms with Gasteiger partial charge in [0.15, 0.2) is 0 Å². The van der Waals surface area contributed by atoms with Crippen LogP contribution in [0.25, 0.3) is 0 Å². The topological polar surface area (TPSA) is 18.5 Å². The molecular weight excluding hydrogens is 234 g/mol. The van der Waals surface area contributed by atoms with Crippen LogP contribution < -0.4 is 5.32 Å². The van der Waals surface area contributed by atoms with Crippen LogP contribution in [0.3, 0.4) is 0 Å². The van der Waals surface area contributed by atoms with Gasteiger partial charge in [0.25, 0.3) is 0 Å². The quantitative estimate of drug-likeness (QED) is 0.874. The third-order valence-corrected chi connectivity index (χ3v) is 4.47. The predicted octanol–water partition coefficient (Wildman–Crippen LogP) is 1.82. The second-order valence-electron chi connectivity index (χ2n) is 6.14. The Balaban J connectivity index is 1.70. The van der Waals surface area contributed by atoms with Gasteiger partial charge in [-0.2, -0.15) is 0 Å². The maximum Gasteiger partial charge on any atom is 0.0237 e. The minimum atomic E-state index is 0.652. The molecule has 0 bridgehead atoms. The lowest BCUT2D eigenvalue weighted by atomic mass is 10.1. The molecule has 1 aromatic carbocycles. The SMILES string of the molecule is CC1CN(C)CCCN1Cc1ccc2c(c1)CNC2. The van der Waals surface area contributed by atoms with Crippen LogP contribution in [0.2, 0.25) is 0 Å². The average molecular weight is 259 g/mol. The number of nitrogens with zero attached hydrogens (tertiary/aromatic N) is 2. The molecule has 0 spiro atoms. The molecule has 0 radical (unpaired) electrons. The Morgan fingerprint density at radius 2 is 2.05 bits per heavy atom. The molecule has 1 unspecified atom stereocenters. The standard InChI is InChI=1S/C16H25N3/c1-13-11-18(2)6-3-7-19(13)12-14-4-5-15-9-17-10-16(15)8-14/h4-5,8,13,17H,3,6-7,9-12H2,1-2H3. The lowest BCUT2D eigenvalue weighted by Gasteiger charge is -2.28. The number of likely N-dealkylation sites (N-methyl/N-ethyl adjacent to an activating group) is 1. The Morgan fingerprint density at radius 1 is 1.21 bits per heavy atom. The van der Waals surface area contributed by atoms with E-state index in [-0.39, 0.29) is 0 Å². The van der Waals surface area contributed by atoms with Crippen LogP contribution in [-0.4, -0.2) is 42.5 Å². The molecular formula is C16H25N3. The van der Waals surface area contributed by atoms with Crippen LogP contribution in [0.5, 0.6) is 0 Å². The van der Waals surface area contributed by atoms with Crippen molar-refractivity contribution in [2.75, 3.05) is 26.7 Å². The van der Waals surface area contributed by atoms with Crippen LogP contribution in [-0.2, 0) is 19.6 Å². The zero-order valence-electron chi connectivity index (χ0n) is 12.2. The molecule has 2 aliphatic heterocycles. The molecule has 0 aromatic heterocycles. The van der Waals surface area contributed by atoms with Crippen molar-refractivity contribution in [3.05, 3.63) is 34.9 Å². The minimum absolute atomic E-state index is 0.652. The van der Waals surface area contributed by atoms with Gasteiger partial charge in [0, 0.05) is 38.8 Å². The Labute approximate surface area is 116 Å². The van der Waals surface area contributed by atoms with Gasteiger partial charge in [-0.15, -0.1) is 0 Å². The van der Waals surface area contributed by atoms with Crippen molar-refractivity contribution in [2.45, 2.75) is 39.0 Å². The zero-order chi connectivity index (χ0) is 13.2. The highest BCUT2D eigenvalue weighted by Gasteiger charge is 2.20. The first-order valence-corrected chi connectivity index (χ1v) is 7.46. The fourth-order valence-corrected chi connectivity index (χ4v) is 3.34. The summed E-state index contributed by atoms with van der Waals surface area (Å²) in [5, 5.41) is 3.42. The van der Waals surface area contributed by atoms with E-state index in [9.17, 15) is 0 Å². The maximum atomic E-state index is 3.42. The van der Waals surface area contributed by atoms with Gasteiger partial charge >= 0.3 is 0 Å². The van der Waals surface area contributed by atoms with Crippen molar-refractivity contribution >= 4 is 0 Å². The summed E-state index contributed by atoms with van der Waals surface area (Å²) in [7, 11) is 2.24. The van der Waals surface area contributed by atoms with Crippen molar-refractivity contribution < 1.29 is 0 Å². The van der Waals surface area contributed by atoms with Gasteiger partial charge in [0.1, 0.15) is 0 Å². The molecule has 3 rings (SSSR count). The molecule has 2 aliphatic rings. The number of fused-ring (bicyclic) bond motifs is 1. The zero-order valence-corrected chi connectivity index (χ0v) is 12.2. The number of nitrogens with one attached hydrogen (secondary N) is 1. The summed E-state index contributed by atoms with van der Waals surface area (Å²) in [4.78, 5) is 5.09. The molecule has 3 heteroatoms. The summed E-state index contributed by atoms with van der Waals surface area (Å²) >= 11 is 0. The van der Waals surface area contributed by atoms with Crippen LogP contribution in [0.4, 0.5) is 0 Å². The fourth-order valence-electron chi connectivity index (χ4n) is 3.34. The Hall–Kier alpha value is -0.900. The summed E-state index contributed by atoms with van der Waals surface area (Å²) < 4.78 is 0. The molecule has 1 atom stereocenters. The van der Waals surface area contributed by atoms with Crippen molar-refractivity contribution in [2.24, 2.45) is 0 Å². The molecule has 0 saturated carbocycles. The number of hydrogen-bond donors (Lipinski definition) is 1. The van der Waals surface area contributed by atoms with Crippen molar-refractivity contribution in [1.82, 2.24) is 15.1 Å². The second-order valence-corrected chi connectivity index (χ2v) is 6.14. The number of rotatable bonds is 2. The largest absolute Gasteiger partial charge is 0.309 e. The molecule has 1 aromatic rings. The van der Waals surface area contributed by atoms with Crippen LogP contribution in [0.1, 0.15) is 30.0 Å². The molecule has 19 heavy (non-hydrogen) atoms. The van der Waals surface area contributed by atoms with Crippen LogP contribution in [0.15, 0.2) is 18.2 Å². The first-order valence-electron chi connectivity index (χ1n) is 7.46. The lowest BCUT2D eigenvalue weighted by Crippen LogP contribution is -2.37. The van der Waals surface area contributed by atoms with Gasteiger partial charge in [-0.05, 0) is 43.6 Å². The van der Waals surface area contributed by atoms with Gasteiger partial charge in [-0.1, -0.05) is 18.2 Å². The van der Waals surface area contributed by atoms with Crippen molar-refractivity contribution in [3.8, 4) is 0 Å². The highest BCUT2D eigenvalue weighted by molar-refractivity contribution is 5.34. The highest BCUT2D eigenvalue weighted by Crippen LogP contribution is 2.19. The van der Waals surface area contributed by atoms with Gasteiger partial charge in [0.05, 0.1) is 0 Å². The molecule has 1 fully saturated rings. The minimum Gasteiger partial charge on any atom is -0.309 e. The number of benzene rings is 1. The normalized spacial score (nSPS) is 25.3. The summed E-state index contributed by atoms with van der Waals surface area (Å²) in [6.07, 6.45) is 1.29. The van der Waals surface area contributed by atoms with Crippen molar-refractivity contribution in [1.29, 1.82) is 0 Å². The molecule has 3 nitrogen and oxygen atoms in total. The van der Waals surface area contributed by atoms with Gasteiger partial charge < -0.3 is 10.2 Å². The maximum absolute atomic E-state index is 3.42. The molecule has 2 heterocycles. The number of hydrogen-bond acceptors (Lipinski definition) is 3. The van der Waals surface area contributed by atoms with E-state index in [1.165, 1.54) is 42.7 Å². The first kappa shape index (κ1) is 13.1. The average Bonchev–Trinajstić information content (AvgIpc) is 2.78. The third kappa shape index (κ3) is 2.99.